The Kier molecular flexibility index (Phi) is 5.28. The molecule has 0 radical (unpaired) electrons. The summed E-state index contributed by atoms with van der Waals surface area (Å²) in [5, 5.41) is 0. The van der Waals surface area contributed by atoms with E-state index < -0.39 is 11.8 Å². The van der Waals surface area contributed by atoms with Crippen molar-refractivity contribution in [1.29, 1.82) is 0 Å². The Morgan fingerprint density at radius 1 is 1.33 bits per heavy atom. The van der Waals surface area contributed by atoms with Gasteiger partial charge in [0.25, 0.3) is 0 Å². The van der Waals surface area contributed by atoms with Crippen LogP contribution in [-0.4, -0.2) is 37.9 Å². The summed E-state index contributed by atoms with van der Waals surface area (Å²) >= 11 is 0. The largest absolute Gasteiger partial charge is 0.460 e. The molecule has 5 nitrogen and oxygen atoms in total. The maximum Gasteiger partial charge on any atom is 0.374 e. The first-order valence-electron chi connectivity index (χ1n) is 5.17. The van der Waals surface area contributed by atoms with Gasteiger partial charge >= 0.3 is 5.97 Å². The van der Waals surface area contributed by atoms with Crippen LogP contribution in [0.15, 0.2) is 0 Å². The molecule has 0 bridgehead atoms. The minimum atomic E-state index is -0.745. The molecule has 5 heteroatoms. The first-order chi connectivity index (χ1) is 7.24. The van der Waals surface area contributed by atoms with E-state index in [0.717, 1.165) is 0 Å². The first-order valence-corrected chi connectivity index (χ1v) is 5.17. The maximum absolute atomic E-state index is 11.2. The van der Waals surface area contributed by atoms with Crippen molar-refractivity contribution in [1.82, 2.24) is 0 Å². The van der Waals surface area contributed by atoms with Gasteiger partial charge in [-0.3, -0.25) is 4.79 Å². The summed E-state index contributed by atoms with van der Waals surface area (Å²) in [6, 6.07) is 0. The molecule has 0 amide bonds. The Morgan fingerprint density at radius 2 is 2.00 bits per heavy atom. The Balaban J connectivity index is 2.08. The predicted octanol–water partition coefficient (Wildman–Crippen LogP) is 0.662. The molecule has 1 rings (SSSR count). The summed E-state index contributed by atoms with van der Waals surface area (Å²) in [6.07, 6.45) is 1.22. The van der Waals surface area contributed by atoms with Gasteiger partial charge in [-0.05, 0) is 19.8 Å². The minimum absolute atomic E-state index is 0.196. The minimum Gasteiger partial charge on any atom is -0.460 e. The molecule has 1 saturated heterocycles. The highest BCUT2D eigenvalue weighted by Crippen LogP contribution is 2.11. The van der Waals surface area contributed by atoms with E-state index >= 15 is 0 Å². The van der Waals surface area contributed by atoms with Gasteiger partial charge in [-0.15, -0.1) is 0 Å². The van der Waals surface area contributed by atoms with Crippen LogP contribution >= 0.6 is 0 Å². The van der Waals surface area contributed by atoms with Gasteiger partial charge in [-0.25, -0.2) is 4.79 Å². The van der Waals surface area contributed by atoms with Crippen molar-refractivity contribution < 1.29 is 23.8 Å². The van der Waals surface area contributed by atoms with Gasteiger partial charge in [0, 0.05) is 6.42 Å². The van der Waals surface area contributed by atoms with Crippen LogP contribution in [0.2, 0.25) is 0 Å². The lowest BCUT2D eigenvalue weighted by molar-refractivity contribution is -0.153. The number of carbonyl (C=O) groups is 2. The topological polar surface area (TPSA) is 61.8 Å². The quantitative estimate of drug-likeness (QED) is 0.482. The van der Waals surface area contributed by atoms with E-state index in [1.54, 1.807) is 6.92 Å². The van der Waals surface area contributed by atoms with Crippen molar-refractivity contribution in [3.8, 4) is 0 Å². The molecule has 86 valence electrons. The highest BCUT2D eigenvalue weighted by atomic mass is 16.7. The Morgan fingerprint density at radius 3 is 2.60 bits per heavy atom. The number of hydrogen-bond acceptors (Lipinski definition) is 5. The molecule has 1 fully saturated rings. The zero-order chi connectivity index (χ0) is 11.1. The highest BCUT2D eigenvalue weighted by molar-refractivity contribution is 6.33. The average molecular weight is 216 g/mol. The van der Waals surface area contributed by atoms with Gasteiger partial charge in [0.05, 0.1) is 19.8 Å². The number of rotatable bonds is 6. The number of carbonyl (C=O) groups excluding carboxylic acids is 2. The Hall–Kier alpha value is -0.940. The zero-order valence-electron chi connectivity index (χ0n) is 8.86. The molecule has 0 unspecified atom stereocenters. The third-order valence-electron chi connectivity index (χ3n) is 2.04. The van der Waals surface area contributed by atoms with Crippen LogP contribution in [0.5, 0.6) is 0 Å². The second-order valence-corrected chi connectivity index (χ2v) is 3.21. The molecular weight excluding hydrogens is 200 g/mol. The molecule has 0 aromatic carbocycles. The van der Waals surface area contributed by atoms with E-state index in [4.69, 9.17) is 9.47 Å². The molecule has 15 heavy (non-hydrogen) atoms. The van der Waals surface area contributed by atoms with Gasteiger partial charge in [-0.1, -0.05) is 0 Å². The molecular formula is C10H16O5. The van der Waals surface area contributed by atoms with Gasteiger partial charge < -0.3 is 14.2 Å². The van der Waals surface area contributed by atoms with Crippen molar-refractivity contribution in [3.63, 3.8) is 0 Å². The third kappa shape index (κ3) is 4.40. The molecule has 1 aliphatic heterocycles. The summed E-state index contributed by atoms with van der Waals surface area (Å²) in [5.41, 5.74) is 0. The third-order valence-corrected chi connectivity index (χ3v) is 2.04. The monoisotopic (exact) mass is 216 g/mol. The second kappa shape index (κ2) is 6.53. The van der Waals surface area contributed by atoms with Crippen LogP contribution < -0.4 is 0 Å². The number of hydrogen-bond donors (Lipinski definition) is 0. The number of ketones is 1. The van der Waals surface area contributed by atoms with Gasteiger partial charge in [-0.2, -0.15) is 0 Å². The number of Topliss-reactive ketones (excluding diaryl/α,β-unsaturated/α-hetero) is 1. The first kappa shape index (κ1) is 12.1. The van der Waals surface area contributed by atoms with Crippen molar-refractivity contribution in [2.75, 3.05) is 19.8 Å². The standard InChI is InChI=1S/C10H16O5/c1-2-13-10(12)8(11)4-3-5-9-14-6-7-15-9/h9H,2-7H2,1H3. The van der Waals surface area contributed by atoms with Crippen LogP contribution in [0.4, 0.5) is 0 Å². The van der Waals surface area contributed by atoms with Gasteiger partial charge in [0.15, 0.2) is 6.29 Å². The van der Waals surface area contributed by atoms with Crippen LogP contribution in [0.3, 0.4) is 0 Å². The van der Waals surface area contributed by atoms with E-state index in [9.17, 15) is 9.59 Å². The lowest BCUT2D eigenvalue weighted by Gasteiger charge is -2.07. The highest BCUT2D eigenvalue weighted by Gasteiger charge is 2.18. The lowest BCUT2D eigenvalue weighted by Crippen LogP contribution is -2.18. The van der Waals surface area contributed by atoms with E-state index in [-0.39, 0.29) is 19.3 Å². The summed E-state index contributed by atoms with van der Waals surface area (Å²) in [6.45, 7) is 3.12. The summed E-state index contributed by atoms with van der Waals surface area (Å²) in [5.74, 6) is -1.22. The molecule has 0 aromatic rings. The van der Waals surface area contributed by atoms with Crippen molar-refractivity contribution >= 4 is 11.8 Å². The van der Waals surface area contributed by atoms with Gasteiger partial charge in [0.1, 0.15) is 0 Å². The van der Waals surface area contributed by atoms with Crippen LogP contribution in [0.1, 0.15) is 26.2 Å². The molecule has 0 N–H and O–H groups in total. The van der Waals surface area contributed by atoms with Crippen LogP contribution in [-0.2, 0) is 23.8 Å². The fourth-order valence-electron chi connectivity index (χ4n) is 1.32. The predicted molar refractivity (Wildman–Crippen MR) is 51.2 cm³/mol. The Bertz CT molecular complexity index is 220. The molecule has 0 saturated carbocycles. The zero-order valence-corrected chi connectivity index (χ0v) is 8.86. The second-order valence-electron chi connectivity index (χ2n) is 3.21. The van der Waals surface area contributed by atoms with Crippen molar-refractivity contribution in [2.45, 2.75) is 32.5 Å². The Labute approximate surface area is 88.7 Å². The number of ether oxygens (including phenoxy) is 3. The van der Waals surface area contributed by atoms with Crippen molar-refractivity contribution in [2.24, 2.45) is 0 Å². The van der Waals surface area contributed by atoms with Crippen molar-refractivity contribution in [3.05, 3.63) is 0 Å². The number of esters is 1. The smallest absolute Gasteiger partial charge is 0.374 e. The van der Waals surface area contributed by atoms with E-state index in [1.165, 1.54) is 0 Å². The SMILES string of the molecule is CCOC(=O)C(=O)CCCC1OCCO1. The molecule has 0 atom stereocenters. The summed E-state index contributed by atoms with van der Waals surface area (Å²) in [7, 11) is 0. The van der Waals surface area contributed by atoms with Crippen LogP contribution in [0.25, 0.3) is 0 Å². The molecule has 0 aromatic heterocycles. The lowest BCUT2D eigenvalue weighted by atomic mass is 10.2. The molecule has 1 heterocycles. The summed E-state index contributed by atoms with van der Waals surface area (Å²) < 4.78 is 15.0. The molecule has 0 spiro atoms. The normalized spacial score (nSPS) is 16.6. The van der Waals surface area contributed by atoms with E-state index in [2.05, 4.69) is 4.74 Å². The fraction of sp³-hybridized carbons (Fsp3) is 0.800. The average Bonchev–Trinajstić information content (AvgIpc) is 2.71. The molecule has 1 aliphatic rings. The fourth-order valence-corrected chi connectivity index (χ4v) is 1.32. The maximum atomic E-state index is 11.2. The van der Waals surface area contributed by atoms with Crippen LogP contribution in [0, 0.1) is 0 Å². The summed E-state index contributed by atoms with van der Waals surface area (Å²) in [4.78, 5) is 22.1. The van der Waals surface area contributed by atoms with E-state index in [1.807, 2.05) is 0 Å². The molecule has 0 aliphatic carbocycles. The van der Waals surface area contributed by atoms with Gasteiger partial charge in [0.2, 0.25) is 5.78 Å². The van der Waals surface area contributed by atoms with E-state index in [0.29, 0.717) is 26.1 Å².